The number of hydrogen-bond acceptors (Lipinski definition) is 2. The van der Waals surface area contributed by atoms with Gasteiger partial charge in [-0.1, -0.05) is 33.6 Å². The molecular formula is C18H14BrClN2O. The zero-order valence-electron chi connectivity index (χ0n) is 12.4. The summed E-state index contributed by atoms with van der Waals surface area (Å²) in [5, 5.41) is 0.625. The standard InChI is InChI=1S/C18H14BrClN2O/c1-23-18-8-7-14(20)11-17(18)21-12-16-6-3-9-22(16)15-5-2-4-13(19)10-15/h2-12H,1H3. The Balaban J connectivity index is 1.96. The van der Waals surface area contributed by atoms with Crippen LogP contribution in [-0.4, -0.2) is 17.9 Å². The molecule has 1 aromatic heterocycles. The lowest BCUT2D eigenvalue weighted by atomic mass is 10.3. The van der Waals surface area contributed by atoms with Crippen LogP contribution in [0.4, 0.5) is 5.69 Å². The van der Waals surface area contributed by atoms with Gasteiger partial charge >= 0.3 is 0 Å². The van der Waals surface area contributed by atoms with E-state index in [1.807, 2.05) is 42.6 Å². The monoisotopic (exact) mass is 388 g/mol. The Bertz CT molecular complexity index is 858. The number of aliphatic imine (C=N–C) groups is 1. The van der Waals surface area contributed by atoms with E-state index in [9.17, 15) is 0 Å². The highest BCUT2D eigenvalue weighted by Crippen LogP contribution is 2.30. The van der Waals surface area contributed by atoms with Crippen LogP contribution >= 0.6 is 27.5 Å². The molecule has 0 aliphatic heterocycles. The van der Waals surface area contributed by atoms with Crippen LogP contribution < -0.4 is 4.74 Å². The van der Waals surface area contributed by atoms with Gasteiger partial charge in [-0.15, -0.1) is 0 Å². The normalized spacial score (nSPS) is 11.1. The van der Waals surface area contributed by atoms with Crippen molar-refractivity contribution in [2.24, 2.45) is 4.99 Å². The van der Waals surface area contributed by atoms with Crippen LogP contribution in [0.5, 0.6) is 5.75 Å². The van der Waals surface area contributed by atoms with E-state index in [0.29, 0.717) is 16.5 Å². The first kappa shape index (κ1) is 15.8. The maximum absolute atomic E-state index is 6.04. The van der Waals surface area contributed by atoms with Crippen molar-refractivity contribution in [2.45, 2.75) is 0 Å². The maximum Gasteiger partial charge on any atom is 0.144 e. The fraction of sp³-hybridized carbons (Fsp3) is 0.0556. The summed E-state index contributed by atoms with van der Waals surface area (Å²) in [6.45, 7) is 0. The van der Waals surface area contributed by atoms with Gasteiger partial charge in [0.2, 0.25) is 0 Å². The minimum atomic E-state index is 0.625. The van der Waals surface area contributed by atoms with Crippen molar-refractivity contribution in [3.8, 4) is 11.4 Å². The molecule has 0 spiro atoms. The van der Waals surface area contributed by atoms with Gasteiger partial charge in [0.1, 0.15) is 11.4 Å². The first-order chi connectivity index (χ1) is 11.2. The van der Waals surface area contributed by atoms with E-state index < -0.39 is 0 Å². The predicted molar refractivity (Wildman–Crippen MR) is 98.7 cm³/mol. The molecule has 0 aliphatic rings. The predicted octanol–water partition coefficient (Wildman–Crippen LogP) is 5.65. The fourth-order valence-electron chi connectivity index (χ4n) is 2.26. The zero-order chi connectivity index (χ0) is 16.2. The fourth-order valence-corrected chi connectivity index (χ4v) is 2.81. The van der Waals surface area contributed by atoms with Gasteiger partial charge in [0, 0.05) is 21.4 Å². The quantitative estimate of drug-likeness (QED) is 0.529. The topological polar surface area (TPSA) is 26.5 Å². The maximum atomic E-state index is 6.04. The van der Waals surface area contributed by atoms with Gasteiger partial charge in [0.25, 0.3) is 0 Å². The molecule has 0 radical (unpaired) electrons. The summed E-state index contributed by atoms with van der Waals surface area (Å²) in [5.41, 5.74) is 2.72. The second kappa shape index (κ2) is 7.02. The van der Waals surface area contributed by atoms with Crippen molar-refractivity contribution in [1.29, 1.82) is 0 Å². The highest BCUT2D eigenvalue weighted by atomic mass is 79.9. The van der Waals surface area contributed by atoms with Crippen LogP contribution in [-0.2, 0) is 0 Å². The molecule has 0 amide bonds. The number of nitrogens with zero attached hydrogens (tertiary/aromatic N) is 2. The Morgan fingerprint density at radius 1 is 1.13 bits per heavy atom. The Kier molecular flexibility index (Phi) is 4.84. The molecule has 116 valence electrons. The average molecular weight is 390 g/mol. The van der Waals surface area contributed by atoms with Gasteiger partial charge < -0.3 is 9.30 Å². The summed E-state index contributed by atoms with van der Waals surface area (Å²) in [6.07, 6.45) is 3.80. The molecule has 0 unspecified atom stereocenters. The molecule has 1 heterocycles. The van der Waals surface area contributed by atoms with Gasteiger partial charge in [-0.3, -0.25) is 4.99 Å². The van der Waals surface area contributed by atoms with E-state index in [0.717, 1.165) is 15.9 Å². The molecule has 0 atom stereocenters. The SMILES string of the molecule is COc1ccc(Cl)cc1N=Cc1cccn1-c1cccc(Br)c1. The van der Waals surface area contributed by atoms with Crippen LogP contribution in [0.25, 0.3) is 5.69 Å². The van der Waals surface area contributed by atoms with E-state index in [4.69, 9.17) is 16.3 Å². The minimum absolute atomic E-state index is 0.625. The summed E-state index contributed by atoms with van der Waals surface area (Å²) in [6, 6.07) is 17.4. The molecule has 0 bridgehead atoms. The number of aromatic nitrogens is 1. The largest absolute Gasteiger partial charge is 0.494 e. The Morgan fingerprint density at radius 3 is 2.78 bits per heavy atom. The highest BCUT2D eigenvalue weighted by molar-refractivity contribution is 9.10. The van der Waals surface area contributed by atoms with E-state index in [1.54, 1.807) is 25.5 Å². The summed E-state index contributed by atoms with van der Waals surface area (Å²) in [5.74, 6) is 0.686. The summed E-state index contributed by atoms with van der Waals surface area (Å²) in [7, 11) is 1.62. The molecule has 0 fully saturated rings. The van der Waals surface area contributed by atoms with Crippen molar-refractivity contribution < 1.29 is 4.74 Å². The number of benzene rings is 2. The number of methoxy groups -OCH3 is 1. The number of halogens is 2. The lowest BCUT2D eigenvalue weighted by Crippen LogP contribution is -1.97. The summed E-state index contributed by atoms with van der Waals surface area (Å²) < 4.78 is 8.41. The van der Waals surface area contributed by atoms with Gasteiger partial charge in [-0.2, -0.15) is 0 Å². The third kappa shape index (κ3) is 3.66. The van der Waals surface area contributed by atoms with Crippen molar-refractivity contribution in [2.75, 3.05) is 7.11 Å². The summed E-state index contributed by atoms with van der Waals surface area (Å²) in [4.78, 5) is 4.52. The minimum Gasteiger partial charge on any atom is -0.494 e. The first-order valence-corrected chi connectivity index (χ1v) is 8.15. The molecule has 3 aromatic rings. The van der Waals surface area contributed by atoms with Crippen LogP contribution in [0, 0.1) is 0 Å². The molecular weight excluding hydrogens is 376 g/mol. The second-order valence-corrected chi connectivity index (χ2v) is 6.21. The van der Waals surface area contributed by atoms with E-state index in [1.165, 1.54) is 0 Å². The third-order valence-electron chi connectivity index (χ3n) is 3.34. The summed E-state index contributed by atoms with van der Waals surface area (Å²) >= 11 is 9.54. The Morgan fingerprint density at radius 2 is 2.00 bits per heavy atom. The van der Waals surface area contributed by atoms with Crippen LogP contribution in [0.2, 0.25) is 5.02 Å². The van der Waals surface area contributed by atoms with Crippen LogP contribution in [0.15, 0.2) is 70.3 Å². The molecule has 0 saturated heterocycles. The van der Waals surface area contributed by atoms with Crippen molar-refractivity contribution in [3.05, 3.63) is 76.0 Å². The van der Waals surface area contributed by atoms with E-state index in [2.05, 4.69) is 31.6 Å². The average Bonchev–Trinajstić information content (AvgIpc) is 3.01. The van der Waals surface area contributed by atoms with Crippen LogP contribution in [0.1, 0.15) is 5.69 Å². The molecule has 3 nitrogen and oxygen atoms in total. The number of hydrogen-bond donors (Lipinski definition) is 0. The van der Waals surface area contributed by atoms with Gasteiger partial charge in [-0.25, -0.2) is 0 Å². The van der Waals surface area contributed by atoms with E-state index in [-0.39, 0.29) is 0 Å². The van der Waals surface area contributed by atoms with Gasteiger partial charge in [0.15, 0.2) is 0 Å². The Hall–Kier alpha value is -2.04. The Labute approximate surface area is 148 Å². The number of rotatable bonds is 4. The van der Waals surface area contributed by atoms with Crippen LogP contribution in [0.3, 0.4) is 0 Å². The van der Waals surface area contributed by atoms with Gasteiger partial charge in [-0.05, 0) is 48.5 Å². The molecule has 23 heavy (non-hydrogen) atoms. The molecule has 0 aliphatic carbocycles. The third-order valence-corrected chi connectivity index (χ3v) is 4.07. The second-order valence-electron chi connectivity index (χ2n) is 4.86. The van der Waals surface area contributed by atoms with Crippen molar-refractivity contribution >= 4 is 39.4 Å². The van der Waals surface area contributed by atoms with Crippen molar-refractivity contribution in [1.82, 2.24) is 4.57 Å². The molecule has 0 saturated carbocycles. The molecule has 5 heteroatoms. The zero-order valence-corrected chi connectivity index (χ0v) is 14.8. The molecule has 0 N–H and O–H groups in total. The van der Waals surface area contributed by atoms with Gasteiger partial charge in [0.05, 0.1) is 19.0 Å². The molecule has 3 rings (SSSR count). The highest BCUT2D eigenvalue weighted by Gasteiger charge is 2.04. The molecule has 2 aromatic carbocycles. The number of ether oxygens (including phenoxy) is 1. The smallest absolute Gasteiger partial charge is 0.144 e. The first-order valence-electron chi connectivity index (χ1n) is 6.98. The lowest BCUT2D eigenvalue weighted by Gasteiger charge is -2.07. The van der Waals surface area contributed by atoms with E-state index >= 15 is 0 Å². The lowest BCUT2D eigenvalue weighted by molar-refractivity contribution is 0.416. The van der Waals surface area contributed by atoms with Crippen molar-refractivity contribution in [3.63, 3.8) is 0 Å².